The van der Waals surface area contributed by atoms with Gasteiger partial charge in [-0.3, -0.25) is 0 Å². The quantitative estimate of drug-likeness (QED) is 0.685. The zero-order chi connectivity index (χ0) is 8.55. The molecule has 0 aromatic carbocycles. The molecule has 1 aromatic rings. The Bertz CT molecular complexity index is 277. The molecule has 0 aliphatic carbocycles. The molecule has 1 atom stereocenters. The van der Waals surface area contributed by atoms with Gasteiger partial charge in [0.15, 0.2) is 0 Å². The standard InChI is InChI=1S/C9H15N3/c1-3-8-6-12-5-4-7(2)10-9(12)11-8/h6-7H,3-5H2,1-2H3,(H,10,11). The topological polar surface area (TPSA) is 29.9 Å². The zero-order valence-corrected chi connectivity index (χ0v) is 7.67. The van der Waals surface area contributed by atoms with Gasteiger partial charge in [-0.15, -0.1) is 0 Å². The van der Waals surface area contributed by atoms with E-state index in [4.69, 9.17) is 0 Å². The maximum Gasteiger partial charge on any atom is 0.203 e. The fourth-order valence-corrected chi connectivity index (χ4v) is 1.55. The Labute approximate surface area is 72.8 Å². The van der Waals surface area contributed by atoms with E-state index in [-0.39, 0.29) is 0 Å². The van der Waals surface area contributed by atoms with Gasteiger partial charge in [0.25, 0.3) is 0 Å². The number of nitrogens with zero attached hydrogens (tertiary/aromatic N) is 2. The number of aromatic nitrogens is 2. The molecule has 3 nitrogen and oxygen atoms in total. The van der Waals surface area contributed by atoms with Crippen molar-refractivity contribution < 1.29 is 0 Å². The van der Waals surface area contributed by atoms with Crippen LogP contribution in [-0.2, 0) is 13.0 Å². The molecule has 1 unspecified atom stereocenters. The Hall–Kier alpha value is -0.990. The van der Waals surface area contributed by atoms with Gasteiger partial charge in [0.1, 0.15) is 0 Å². The van der Waals surface area contributed by atoms with Gasteiger partial charge in [0, 0.05) is 18.8 Å². The van der Waals surface area contributed by atoms with Gasteiger partial charge >= 0.3 is 0 Å². The predicted octanol–water partition coefficient (Wildman–Crippen LogP) is 1.65. The fraction of sp³-hybridized carbons (Fsp3) is 0.667. The largest absolute Gasteiger partial charge is 0.353 e. The lowest BCUT2D eigenvalue weighted by Gasteiger charge is -2.21. The summed E-state index contributed by atoms with van der Waals surface area (Å²) in [5, 5.41) is 3.37. The van der Waals surface area contributed by atoms with E-state index in [1.165, 1.54) is 12.1 Å². The van der Waals surface area contributed by atoms with Gasteiger partial charge in [0.05, 0.1) is 5.69 Å². The molecule has 12 heavy (non-hydrogen) atoms. The lowest BCUT2D eigenvalue weighted by molar-refractivity contribution is 0.552. The lowest BCUT2D eigenvalue weighted by Crippen LogP contribution is -2.25. The number of nitrogens with one attached hydrogen (secondary N) is 1. The smallest absolute Gasteiger partial charge is 0.203 e. The molecular formula is C9H15N3. The first-order valence-electron chi connectivity index (χ1n) is 4.62. The minimum absolute atomic E-state index is 0.574. The van der Waals surface area contributed by atoms with E-state index in [9.17, 15) is 0 Å². The maximum absolute atomic E-state index is 4.47. The molecule has 0 amide bonds. The third-order valence-corrected chi connectivity index (χ3v) is 2.37. The van der Waals surface area contributed by atoms with Crippen molar-refractivity contribution in [2.75, 3.05) is 5.32 Å². The normalized spacial score (nSPS) is 21.7. The average molecular weight is 165 g/mol. The van der Waals surface area contributed by atoms with Crippen molar-refractivity contribution in [2.24, 2.45) is 0 Å². The van der Waals surface area contributed by atoms with Crippen molar-refractivity contribution in [3.63, 3.8) is 0 Å². The van der Waals surface area contributed by atoms with Gasteiger partial charge in [-0.1, -0.05) is 6.92 Å². The molecule has 1 aromatic heterocycles. The van der Waals surface area contributed by atoms with E-state index in [1.54, 1.807) is 0 Å². The third kappa shape index (κ3) is 1.19. The van der Waals surface area contributed by atoms with Crippen molar-refractivity contribution >= 4 is 5.95 Å². The van der Waals surface area contributed by atoms with Gasteiger partial charge < -0.3 is 9.88 Å². The summed E-state index contributed by atoms with van der Waals surface area (Å²) in [5.74, 6) is 1.05. The number of rotatable bonds is 1. The monoisotopic (exact) mass is 165 g/mol. The number of fused-ring (bicyclic) bond motifs is 1. The maximum atomic E-state index is 4.47. The highest BCUT2D eigenvalue weighted by Crippen LogP contribution is 2.17. The Morgan fingerprint density at radius 2 is 2.58 bits per heavy atom. The number of hydrogen-bond acceptors (Lipinski definition) is 2. The van der Waals surface area contributed by atoms with Crippen LogP contribution >= 0.6 is 0 Å². The van der Waals surface area contributed by atoms with E-state index in [0.29, 0.717) is 6.04 Å². The van der Waals surface area contributed by atoms with Crippen LogP contribution in [0, 0.1) is 0 Å². The minimum Gasteiger partial charge on any atom is -0.353 e. The van der Waals surface area contributed by atoms with Crippen LogP contribution in [0.5, 0.6) is 0 Å². The molecule has 66 valence electrons. The lowest BCUT2D eigenvalue weighted by atomic mass is 10.2. The van der Waals surface area contributed by atoms with Crippen molar-refractivity contribution in [1.82, 2.24) is 9.55 Å². The third-order valence-electron chi connectivity index (χ3n) is 2.37. The van der Waals surface area contributed by atoms with Crippen LogP contribution in [0.1, 0.15) is 26.0 Å². The molecule has 0 bridgehead atoms. The molecule has 0 radical (unpaired) electrons. The second-order valence-electron chi connectivity index (χ2n) is 3.44. The fourth-order valence-electron chi connectivity index (χ4n) is 1.55. The summed E-state index contributed by atoms with van der Waals surface area (Å²) < 4.78 is 2.21. The first-order valence-corrected chi connectivity index (χ1v) is 4.62. The number of anilines is 1. The number of aryl methyl sites for hydroxylation is 2. The molecule has 0 spiro atoms. The van der Waals surface area contributed by atoms with Crippen molar-refractivity contribution in [2.45, 2.75) is 39.3 Å². The molecule has 2 rings (SSSR count). The molecule has 0 saturated carbocycles. The van der Waals surface area contributed by atoms with E-state index in [1.807, 2.05) is 0 Å². The Morgan fingerprint density at radius 1 is 1.75 bits per heavy atom. The van der Waals surface area contributed by atoms with Crippen LogP contribution in [0.2, 0.25) is 0 Å². The Morgan fingerprint density at radius 3 is 3.33 bits per heavy atom. The van der Waals surface area contributed by atoms with Gasteiger partial charge in [0.2, 0.25) is 5.95 Å². The van der Waals surface area contributed by atoms with E-state index in [0.717, 1.165) is 18.9 Å². The first kappa shape index (κ1) is 7.65. The van der Waals surface area contributed by atoms with Crippen LogP contribution < -0.4 is 5.32 Å². The van der Waals surface area contributed by atoms with Gasteiger partial charge in [-0.05, 0) is 19.8 Å². The Kier molecular flexibility index (Phi) is 1.79. The molecule has 2 heterocycles. The number of hydrogen-bond donors (Lipinski definition) is 1. The summed E-state index contributed by atoms with van der Waals surface area (Å²) in [6.45, 7) is 5.44. The van der Waals surface area contributed by atoms with Crippen LogP contribution in [0.4, 0.5) is 5.95 Å². The molecule has 1 aliphatic heterocycles. The highest BCUT2D eigenvalue weighted by molar-refractivity contribution is 5.32. The van der Waals surface area contributed by atoms with Crippen molar-refractivity contribution in [3.8, 4) is 0 Å². The minimum atomic E-state index is 0.574. The van der Waals surface area contributed by atoms with Crippen LogP contribution in [-0.4, -0.2) is 15.6 Å². The van der Waals surface area contributed by atoms with Crippen LogP contribution in [0.25, 0.3) is 0 Å². The molecule has 3 heteroatoms. The molecule has 1 aliphatic rings. The number of imidazole rings is 1. The van der Waals surface area contributed by atoms with Crippen molar-refractivity contribution in [3.05, 3.63) is 11.9 Å². The summed E-state index contributed by atoms with van der Waals surface area (Å²) in [4.78, 5) is 4.47. The summed E-state index contributed by atoms with van der Waals surface area (Å²) in [6, 6.07) is 0.574. The molecule has 0 saturated heterocycles. The molecular weight excluding hydrogens is 150 g/mol. The second-order valence-corrected chi connectivity index (χ2v) is 3.44. The summed E-state index contributed by atoms with van der Waals surface area (Å²) in [5.41, 5.74) is 1.19. The summed E-state index contributed by atoms with van der Waals surface area (Å²) >= 11 is 0. The molecule has 1 N–H and O–H groups in total. The summed E-state index contributed by atoms with van der Waals surface area (Å²) in [6.07, 6.45) is 4.37. The average Bonchev–Trinajstić information content (AvgIpc) is 2.46. The van der Waals surface area contributed by atoms with Crippen LogP contribution in [0.3, 0.4) is 0 Å². The SMILES string of the molecule is CCc1cn2c(n1)NC(C)CC2. The summed E-state index contributed by atoms with van der Waals surface area (Å²) in [7, 11) is 0. The van der Waals surface area contributed by atoms with Crippen molar-refractivity contribution in [1.29, 1.82) is 0 Å². The van der Waals surface area contributed by atoms with E-state index in [2.05, 4.69) is 34.9 Å². The molecule has 0 fully saturated rings. The van der Waals surface area contributed by atoms with Crippen LogP contribution in [0.15, 0.2) is 6.20 Å². The second kappa shape index (κ2) is 2.81. The highest BCUT2D eigenvalue weighted by Gasteiger charge is 2.15. The van der Waals surface area contributed by atoms with Gasteiger partial charge in [-0.2, -0.15) is 0 Å². The van der Waals surface area contributed by atoms with Gasteiger partial charge in [-0.25, -0.2) is 4.98 Å². The van der Waals surface area contributed by atoms with E-state index >= 15 is 0 Å². The zero-order valence-electron chi connectivity index (χ0n) is 7.67. The predicted molar refractivity (Wildman–Crippen MR) is 49.3 cm³/mol. The Balaban J connectivity index is 2.28. The first-order chi connectivity index (χ1) is 5.79. The van der Waals surface area contributed by atoms with E-state index < -0.39 is 0 Å². The highest BCUT2D eigenvalue weighted by atomic mass is 15.2.